The Bertz CT molecular complexity index is 616. The van der Waals surface area contributed by atoms with E-state index in [-0.39, 0.29) is 17.3 Å². The van der Waals surface area contributed by atoms with Gasteiger partial charge in [0.15, 0.2) is 5.96 Å². The van der Waals surface area contributed by atoms with E-state index in [0.29, 0.717) is 22.6 Å². The number of hydrogen-bond donors (Lipinski definition) is 2. The Balaban J connectivity index is 1.98. The van der Waals surface area contributed by atoms with Gasteiger partial charge in [0.05, 0.1) is 5.02 Å². The molecule has 140 valence electrons. The number of hydrogen-bond acceptors (Lipinski definition) is 3. The molecule has 5 nitrogen and oxygen atoms in total. The van der Waals surface area contributed by atoms with E-state index in [1.165, 1.54) is 18.6 Å². The monoisotopic (exact) mass is 394 g/mol. The third-order valence-corrected chi connectivity index (χ3v) is 4.64. The molecule has 9 heteroatoms. The number of likely N-dealkylation sites (N-methyl/N-ethyl adjacent to an activating group) is 1. The number of ether oxygens (including phenoxy) is 1. The van der Waals surface area contributed by atoms with Crippen LogP contribution in [0.25, 0.3) is 0 Å². The molecule has 1 aliphatic rings. The highest BCUT2D eigenvalue weighted by molar-refractivity contribution is 6.35. The lowest BCUT2D eigenvalue weighted by Gasteiger charge is -2.21. The van der Waals surface area contributed by atoms with E-state index >= 15 is 0 Å². The van der Waals surface area contributed by atoms with Crippen LogP contribution in [0.15, 0.2) is 17.1 Å². The molecule has 1 aromatic carbocycles. The van der Waals surface area contributed by atoms with Crippen LogP contribution in [0.1, 0.15) is 18.4 Å². The second-order valence-electron chi connectivity index (χ2n) is 5.84. The minimum absolute atomic E-state index is 0.0418. The second kappa shape index (κ2) is 9.40. The van der Waals surface area contributed by atoms with Gasteiger partial charge in [-0.15, -0.1) is 0 Å². The lowest BCUT2D eigenvalue weighted by molar-refractivity contribution is -0.0504. The van der Waals surface area contributed by atoms with Crippen LogP contribution in [0.2, 0.25) is 10.0 Å². The number of alkyl halides is 2. The van der Waals surface area contributed by atoms with Crippen LogP contribution in [-0.2, 0) is 6.54 Å². The van der Waals surface area contributed by atoms with Gasteiger partial charge in [-0.2, -0.15) is 8.78 Å². The van der Waals surface area contributed by atoms with E-state index in [1.807, 2.05) is 0 Å². The molecule has 1 saturated heterocycles. The summed E-state index contributed by atoms with van der Waals surface area (Å²) >= 11 is 11.9. The molecule has 25 heavy (non-hydrogen) atoms. The standard InChI is InChI=1S/C16H22Cl2F2N4O/c1-21-16(23-9-12-4-3-5-24(12)2)22-8-10-6-11(17)7-13(18)14(10)25-15(19)20/h6-7,12,15H,3-5,8-9H2,1-2H3,(H2,21,22,23). The Morgan fingerprint density at radius 3 is 2.76 bits per heavy atom. The molecule has 0 aliphatic carbocycles. The first-order valence-corrected chi connectivity index (χ1v) is 8.73. The van der Waals surface area contributed by atoms with Gasteiger partial charge in [0.1, 0.15) is 5.75 Å². The number of aliphatic imine (C=N–C) groups is 1. The SMILES string of the molecule is CN=C(NCc1cc(Cl)cc(Cl)c1OC(F)F)NCC1CCCN1C. The van der Waals surface area contributed by atoms with Crippen molar-refractivity contribution in [3.8, 4) is 5.75 Å². The van der Waals surface area contributed by atoms with E-state index < -0.39 is 6.61 Å². The number of likely N-dealkylation sites (tertiary alicyclic amines) is 1. The Labute approximate surface area is 156 Å². The number of halogens is 4. The van der Waals surface area contributed by atoms with Gasteiger partial charge in [-0.1, -0.05) is 23.2 Å². The zero-order valence-electron chi connectivity index (χ0n) is 14.2. The van der Waals surface area contributed by atoms with Gasteiger partial charge >= 0.3 is 6.61 Å². The first-order chi connectivity index (χ1) is 11.9. The van der Waals surface area contributed by atoms with Gasteiger partial charge in [0, 0.05) is 36.8 Å². The summed E-state index contributed by atoms with van der Waals surface area (Å²) in [5, 5.41) is 6.70. The van der Waals surface area contributed by atoms with Gasteiger partial charge < -0.3 is 20.3 Å². The summed E-state index contributed by atoms with van der Waals surface area (Å²) in [7, 11) is 3.74. The molecule has 1 aromatic rings. The molecule has 1 heterocycles. The number of nitrogens with one attached hydrogen (secondary N) is 2. The Morgan fingerprint density at radius 2 is 2.16 bits per heavy atom. The smallest absolute Gasteiger partial charge is 0.387 e. The highest BCUT2D eigenvalue weighted by Gasteiger charge is 2.21. The van der Waals surface area contributed by atoms with Crippen LogP contribution < -0.4 is 15.4 Å². The molecule has 1 aliphatic heterocycles. The maximum absolute atomic E-state index is 12.6. The predicted octanol–water partition coefficient (Wildman–Crippen LogP) is 3.35. The third kappa shape index (κ3) is 5.87. The van der Waals surface area contributed by atoms with Gasteiger partial charge in [-0.3, -0.25) is 4.99 Å². The van der Waals surface area contributed by atoms with E-state index in [9.17, 15) is 8.78 Å². The normalized spacial score (nSPS) is 18.7. The maximum atomic E-state index is 12.6. The fourth-order valence-corrected chi connectivity index (χ4v) is 3.40. The number of rotatable bonds is 6. The van der Waals surface area contributed by atoms with Crippen LogP contribution in [0.4, 0.5) is 8.78 Å². The molecule has 1 unspecified atom stereocenters. The van der Waals surface area contributed by atoms with Crippen molar-refractivity contribution >= 4 is 29.2 Å². The first-order valence-electron chi connectivity index (χ1n) is 7.98. The minimum Gasteiger partial charge on any atom is -0.433 e. The van der Waals surface area contributed by atoms with Gasteiger partial charge in [-0.05, 0) is 38.6 Å². The van der Waals surface area contributed by atoms with Crippen molar-refractivity contribution in [2.24, 2.45) is 4.99 Å². The molecule has 0 saturated carbocycles. The van der Waals surface area contributed by atoms with Gasteiger partial charge in [-0.25, -0.2) is 0 Å². The summed E-state index contributed by atoms with van der Waals surface area (Å²) in [6, 6.07) is 3.36. The largest absolute Gasteiger partial charge is 0.433 e. The number of benzene rings is 1. The summed E-state index contributed by atoms with van der Waals surface area (Å²) in [5.41, 5.74) is 0.429. The molecule has 0 amide bonds. The summed E-state index contributed by atoms with van der Waals surface area (Å²) in [6.45, 7) is -0.920. The molecule has 0 bridgehead atoms. The van der Waals surface area contributed by atoms with E-state index in [0.717, 1.165) is 19.5 Å². The summed E-state index contributed by atoms with van der Waals surface area (Å²) < 4.78 is 29.7. The van der Waals surface area contributed by atoms with Crippen LogP contribution in [-0.4, -0.2) is 50.7 Å². The minimum atomic E-state index is -2.97. The van der Waals surface area contributed by atoms with E-state index in [1.54, 1.807) is 7.05 Å². The topological polar surface area (TPSA) is 48.9 Å². The van der Waals surface area contributed by atoms with E-state index in [2.05, 4.69) is 32.3 Å². The van der Waals surface area contributed by atoms with Gasteiger partial charge in [0.2, 0.25) is 0 Å². The fourth-order valence-electron chi connectivity index (χ4n) is 2.82. The highest BCUT2D eigenvalue weighted by Crippen LogP contribution is 2.33. The third-order valence-electron chi connectivity index (χ3n) is 4.14. The highest BCUT2D eigenvalue weighted by atomic mass is 35.5. The van der Waals surface area contributed by atoms with Crippen molar-refractivity contribution in [3.63, 3.8) is 0 Å². The Hall–Kier alpha value is -1.31. The van der Waals surface area contributed by atoms with Crippen molar-refractivity contribution in [1.29, 1.82) is 0 Å². The lowest BCUT2D eigenvalue weighted by atomic mass is 10.2. The van der Waals surface area contributed by atoms with Crippen LogP contribution >= 0.6 is 23.2 Å². The average molecular weight is 395 g/mol. The fraction of sp³-hybridized carbons (Fsp3) is 0.562. The van der Waals surface area contributed by atoms with Crippen molar-refractivity contribution < 1.29 is 13.5 Å². The molecule has 1 atom stereocenters. The van der Waals surface area contributed by atoms with Crippen molar-refractivity contribution in [2.75, 3.05) is 27.2 Å². The molecule has 0 aromatic heterocycles. The van der Waals surface area contributed by atoms with Crippen LogP contribution in [0, 0.1) is 0 Å². The van der Waals surface area contributed by atoms with Crippen LogP contribution in [0.5, 0.6) is 5.75 Å². The summed E-state index contributed by atoms with van der Waals surface area (Å²) in [6.07, 6.45) is 2.32. The van der Waals surface area contributed by atoms with Crippen molar-refractivity contribution in [3.05, 3.63) is 27.7 Å². The maximum Gasteiger partial charge on any atom is 0.387 e. The van der Waals surface area contributed by atoms with Crippen molar-refractivity contribution in [1.82, 2.24) is 15.5 Å². The Kier molecular flexibility index (Phi) is 7.53. The second-order valence-corrected chi connectivity index (χ2v) is 6.68. The lowest BCUT2D eigenvalue weighted by Crippen LogP contribution is -2.43. The molecule has 0 spiro atoms. The van der Waals surface area contributed by atoms with Crippen molar-refractivity contribution in [2.45, 2.75) is 32.0 Å². The molecule has 2 N–H and O–H groups in total. The van der Waals surface area contributed by atoms with Gasteiger partial charge in [0.25, 0.3) is 0 Å². The summed E-state index contributed by atoms with van der Waals surface area (Å²) in [5.74, 6) is 0.485. The molecule has 0 radical (unpaired) electrons. The zero-order valence-corrected chi connectivity index (χ0v) is 15.7. The Morgan fingerprint density at radius 1 is 1.40 bits per heavy atom. The predicted molar refractivity (Wildman–Crippen MR) is 96.9 cm³/mol. The molecule has 1 fully saturated rings. The van der Waals surface area contributed by atoms with Crippen LogP contribution in [0.3, 0.4) is 0 Å². The quantitative estimate of drug-likeness (QED) is 0.573. The molecular formula is C16H22Cl2F2N4O. The average Bonchev–Trinajstić information content (AvgIpc) is 2.95. The molecule has 2 rings (SSSR count). The zero-order chi connectivity index (χ0) is 18.4. The number of guanidine groups is 1. The first kappa shape index (κ1) is 20.0. The van der Waals surface area contributed by atoms with E-state index in [4.69, 9.17) is 23.2 Å². The molecular weight excluding hydrogens is 373 g/mol. The summed E-state index contributed by atoms with van der Waals surface area (Å²) in [4.78, 5) is 6.44. The number of nitrogens with zero attached hydrogens (tertiary/aromatic N) is 2.